The van der Waals surface area contributed by atoms with E-state index >= 15 is 0 Å². The van der Waals surface area contributed by atoms with Crippen molar-refractivity contribution in [3.8, 4) is 0 Å². The van der Waals surface area contributed by atoms with Crippen LogP contribution >= 0.6 is 15.9 Å². The van der Waals surface area contributed by atoms with Crippen LogP contribution in [-0.4, -0.2) is 14.9 Å². The van der Waals surface area contributed by atoms with Crippen LogP contribution in [0.4, 0.5) is 0 Å². The van der Waals surface area contributed by atoms with Crippen LogP contribution in [0, 0.1) is 19.3 Å². The van der Waals surface area contributed by atoms with Gasteiger partial charge in [-0.05, 0) is 32.1 Å². The molecule has 0 N–H and O–H groups in total. The van der Waals surface area contributed by atoms with Gasteiger partial charge in [0.2, 0.25) is 0 Å². The van der Waals surface area contributed by atoms with Crippen molar-refractivity contribution in [3.05, 3.63) is 27.9 Å². The molecule has 0 aliphatic rings. The lowest BCUT2D eigenvalue weighted by Gasteiger charge is -2.30. The Morgan fingerprint density at radius 3 is 2.35 bits per heavy atom. The monoisotopic (exact) mass is 300 g/mol. The van der Waals surface area contributed by atoms with E-state index in [1.54, 1.807) is 10.6 Å². The zero-order chi connectivity index (χ0) is 13.1. The SMILES string of the molecule is CCC(CC)(CBr)Cn1c(C)nc(C)cc1=O. The number of alkyl halides is 1. The zero-order valence-electron chi connectivity index (χ0n) is 11.1. The highest BCUT2D eigenvalue weighted by molar-refractivity contribution is 9.09. The minimum absolute atomic E-state index is 0.0576. The fourth-order valence-electron chi connectivity index (χ4n) is 2.00. The fourth-order valence-corrected chi connectivity index (χ4v) is 2.97. The molecular formula is C13H21BrN2O. The first-order valence-corrected chi connectivity index (χ1v) is 7.21. The van der Waals surface area contributed by atoms with Crippen LogP contribution in [0.5, 0.6) is 0 Å². The molecule has 0 aromatic carbocycles. The van der Waals surface area contributed by atoms with Crippen LogP contribution in [0.15, 0.2) is 10.9 Å². The van der Waals surface area contributed by atoms with Crippen LogP contribution < -0.4 is 5.56 Å². The molecule has 0 saturated carbocycles. The fraction of sp³-hybridized carbons (Fsp3) is 0.692. The average Bonchev–Trinajstić information content (AvgIpc) is 2.29. The Morgan fingerprint density at radius 1 is 1.35 bits per heavy atom. The lowest BCUT2D eigenvalue weighted by atomic mass is 9.84. The van der Waals surface area contributed by atoms with E-state index in [-0.39, 0.29) is 11.0 Å². The Kier molecular flexibility index (Phi) is 4.92. The van der Waals surface area contributed by atoms with Crippen molar-refractivity contribution >= 4 is 15.9 Å². The van der Waals surface area contributed by atoms with Gasteiger partial charge in [0.05, 0.1) is 0 Å². The standard InChI is InChI=1S/C13H21BrN2O/c1-5-13(6-2,8-14)9-16-11(4)15-10(3)7-12(16)17/h7H,5-6,8-9H2,1-4H3. The van der Waals surface area contributed by atoms with E-state index in [4.69, 9.17) is 0 Å². The highest BCUT2D eigenvalue weighted by Crippen LogP contribution is 2.30. The van der Waals surface area contributed by atoms with E-state index in [1.165, 1.54) is 0 Å². The summed E-state index contributed by atoms with van der Waals surface area (Å²) in [6.07, 6.45) is 2.10. The van der Waals surface area contributed by atoms with Gasteiger partial charge in [-0.2, -0.15) is 0 Å². The molecule has 0 aliphatic heterocycles. The predicted molar refractivity (Wildman–Crippen MR) is 74.8 cm³/mol. The molecule has 1 rings (SSSR count). The Bertz CT molecular complexity index is 427. The first kappa shape index (κ1) is 14.4. The molecule has 0 spiro atoms. The summed E-state index contributed by atoms with van der Waals surface area (Å²) < 4.78 is 1.79. The quantitative estimate of drug-likeness (QED) is 0.783. The summed E-state index contributed by atoms with van der Waals surface area (Å²) in [7, 11) is 0. The summed E-state index contributed by atoms with van der Waals surface area (Å²) in [4.78, 5) is 16.4. The summed E-state index contributed by atoms with van der Waals surface area (Å²) in [6, 6.07) is 1.61. The largest absolute Gasteiger partial charge is 0.296 e. The van der Waals surface area contributed by atoms with Crippen LogP contribution in [0.1, 0.15) is 38.2 Å². The van der Waals surface area contributed by atoms with Crippen molar-refractivity contribution in [1.82, 2.24) is 9.55 Å². The molecule has 4 heteroatoms. The lowest BCUT2D eigenvalue weighted by molar-refractivity contribution is 0.252. The summed E-state index contributed by atoms with van der Waals surface area (Å²) in [5.41, 5.74) is 0.995. The number of nitrogens with zero attached hydrogens (tertiary/aromatic N) is 2. The summed E-state index contributed by atoms with van der Waals surface area (Å²) in [6.45, 7) is 8.84. The maximum atomic E-state index is 12.0. The van der Waals surface area contributed by atoms with Gasteiger partial charge >= 0.3 is 0 Å². The van der Waals surface area contributed by atoms with Gasteiger partial charge in [-0.15, -0.1) is 0 Å². The molecule has 96 valence electrons. The molecule has 0 unspecified atom stereocenters. The van der Waals surface area contributed by atoms with Crippen molar-refractivity contribution in [2.75, 3.05) is 5.33 Å². The van der Waals surface area contributed by atoms with E-state index in [9.17, 15) is 4.79 Å². The van der Waals surface area contributed by atoms with E-state index in [0.29, 0.717) is 0 Å². The number of rotatable bonds is 5. The van der Waals surface area contributed by atoms with Gasteiger partial charge in [-0.3, -0.25) is 9.36 Å². The Hall–Kier alpha value is -0.640. The molecule has 3 nitrogen and oxygen atoms in total. The molecule has 0 radical (unpaired) electrons. The van der Waals surface area contributed by atoms with Crippen molar-refractivity contribution in [2.24, 2.45) is 5.41 Å². The molecule has 0 fully saturated rings. The van der Waals surface area contributed by atoms with Crippen LogP contribution in [0.2, 0.25) is 0 Å². The van der Waals surface area contributed by atoms with Gasteiger partial charge in [0.15, 0.2) is 0 Å². The molecule has 1 heterocycles. The first-order chi connectivity index (χ1) is 7.98. The average molecular weight is 301 g/mol. The van der Waals surface area contributed by atoms with Crippen LogP contribution in [0.25, 0.3) is 0 Å². The summed E-state index contributed by atoms with van der Waals surface area (Å²) in [5, 5.41) is 0.909. The highest BCUT2D eigenvalue weighted by Gasteiger charge is 2.26. The van der Waals surface area contributed by atoms with Gasteiger partial charge in [0.25, 0.3) is 5.56 Å². The summed E-state index contributed by atoms with van der Waals surface area (Å²) in [5.74, 6) is 0.808. The minimum Gasteiger partial charge on any atom is -0.296 e. The maximum absolute atomic E-state index is 12.0. The molecule has 0 atom stereocenters. The van der Waals surface area contributed by atoms with Crippen molar-refractivity contribution in [3.63, 3.8) is 0 Å². The number of hydrogen-bond donors (Lipinski definition) is 0. The Labute approximate surface area is 111 Å². The predicted octanol–water partition coefficient (Wildman–Crippen LogP) is 3.06. The molecule has 17 heavy (non-hydrogen) atoms. The van der Waals surface area contributed by atoms with Crippen molar-refractivity contribution < 1.29 is 0 Å². The molecule has 1 aromatic heterocycles. The topological polar surface area (TPSA) is 34.9 Å². The third-order valence-electron chi connectivity index (χ3n) is 3.60. The Morgan fingerprint density at radius 2 is 1.94 bits per heavy atom. The molecule has 1 aromatic rings. The Balaban J connectivity index is 3.14. The van der Waals surface area contributed by atoms with Gasteiger partial charge in [0, 0.05) is 23.6 Å². The number of hydrogen-bond acceptors (Lipinski definition) is 2. The van der Waals surface area contributed by atoms with E-state index in [2.05, 4.69) is 34.8 Å². The minimum atomic E-state index is 0.0576. The van der Waals surface area contributed by atoms with E-state index in [1.807, 2.05) is 13.8 Å². The van der Waals surface area contributed by atoms with E-state index in [0.717, 1.165) is 36.2 Å². The molecule has 0 saturated heterocycles. The number of aryl methyl sites for hydroxylation is 2. The normalized spacial score (nSPS) is 11.8. The van der Waals surface area contributed by atoms with Crippen LogP contribution in [-0.2, 0) is 6.54 Å². The van der Waals surface area contributed by atoms with Crippen molar-refractivity contribution in [1.29, 1.82) is 0 Å². The van der Waals surface area contributed by atoms with Gasteiger partial charge in [0.1, 0.15) is 5.82 Å². The molecular weight excluding hydrogens is 280 g/mol. The molecule has 0 amide bonds. The molecule has 0 bridgehead atoms. The van der Waals surface area contributed by atoms with Crippen molar-refractivity contribution in [2.45, 2.75) is 47.1 Å². The second kappa shape index (κ2) is 5.80. The summed E-state index contributed by atoms with van der Waals surface area (Å²) >= 11 is 3.58. The second-order valence-corrected chi connectivity index (χ2v) is 5.27. The second-order valence-electron chi connectivity index (χ2n) is 4.71. The highest BCUT2D eigenvalue weighted by atomic mass is 79.9. The van der Waals surface area contributed by atoms with Gasteiger partial charge < -0.3 is 0 Å². The smallest absolute Gasteiger partial charge is 0.253 e. The maximum Gasteiger partial charge on any atom is 0.253 e. The van der Waals surface area contributed by atoms with Gasteiger partial charge in [-0.25, -0.2) is 4.98 Å². The third-order valence-corrected chi connectivity index (χ3v) is 4.79. The van der Waals surface area contributed by atoms with E-state index < -0.39 is 0 Å². The lowest BCUT2D eigenvalue weighted by Crippen LogP contribution is -2.34. The van der Waals surface area contributed by atoms with Gasteiger partial charge in [-0.1, -0.05) is 29.8 Å². The first-order valence-electron chi connectivity index (χ1n) is 6.09. The number of aromatic nitrogens is 2. The molecule has 0 aliphatic carbocycles. The zero-order valence-corrected chi connectivity index (χ0v) is 12.7. The third kappa shape index (κ3) is 3.18. The number of halogens is 1. The van der Waals surface area contributed by atoms with Crippen LogP contribution in [0.3, 0.4) is 0 Å².